The molecule has 0 aliphatic heterocycles. The van der Waals surface area contributed by atoms with Gasteiger partial charge < -0.3 is 15.2 Å². The fourth-order valence-electron chi connectivity index (χ4n) is 1.90. The molecule has 0 saturated carbocycles. The van der Waals surface area contributed by atoms with Crippen LogP contribution in [0.1, 0.15) is 19.5 Å². The number of nitrogens with one attached hydrogen (secondary N) is 1. The number of benzene rings is 1. The summed E-state index contributed by atoms with van der Waals surface area (Å²) in [6, 6.07) is 4.82. The van der Waals surface area contributed by atoms with Crippen LogP contribution in [0.2, 0.25) is 0 Å². The Hall–Kier alpha value is -2.37. The highest BCUT2D eigenvalue weighted by molar-refractivity contribution is 5.62. The number of aromatic hydroxyl groups is 1. The third-order valence-corrected chi connectivity index (χ3v) is 2.88. The molecule has 2 rings (SSSR count). The molecular weight excluding hydrogens is 273 g/mol. The van der Waals surface area contributed by atoms with Crippen LogP contribution >= 0.6 is 0 Å². The van der Waals surface area contributed by atoms with E-state index in [0.29, 0.717) is 30.3 Å². The summed E-state index contributed by atoms with van der Waals surface area (Å²) in [5, 5.41) is 12.6. The summed E-state index contributed by atoms with van der Waals surface area (Å²) < 4.78 is 19.2. The van der Waals surface area contributed by atoms with Gasteiger partial charge in [-0.1, -0.05) is 0 Å². The standard InChI is InChI=1S/C15H18FN3O2/c1-4-17-15-13(16)9(3)18-14(19-15)10-6-7-11(20)12(8-10)21-5-2/h6-8,20H,4-5H2,1-3H3,(H,17,18,19). The SMILES string of the molecule is CCNc1nc(-c2ccc(O)c(OCC)c2)nc(C)c1F. The highest BCUT2D eigenvalue weighted by atomic mass is 19.1. The van der Waals surface area contributed by atoms with E-state index in [1.165, 1.54) is 6.07 Å². The highest BCUT2D eigenvalue weighted by Gasteiger charge is 2.13. The van der Waals surface area contributed by atoms with Crippen molar-refractivity contribution < 1.29 is 14.2 Å². The first-order valence-electron chi connectivity index (χ1n) is 6.81. The Balaban J connectivity index is 2.48. The zero-order valence-electron chi connectivity index (χ0n) is 12.3. The van der Waals surface area contributed by atoms with Crippen molar-refractivity contribution in [3.05, 3.63) is 29.7 Å². The molecule has 0 atom stereocenters. The van der Waals surface area contributed by atoms with Gasteiger partial charge >= 0.3 is 0 Å². The number of aryl methyl sites for hydroxylation is 1. The first-order valence-corrected chi connectivity index (χ1v) is 6.81. The Morgan fingerprint density at radius 2 is 2.05 bits per heavy atom. The lowest BCUT2D eigenvalue weighted by Gasteiger charge is -2.11. The molecular formula is C15H18FN3O2. The van der Waals surface area contributed by atoms with E-state index in [9.17, 15) is 9.50 Å². The van der Waals surface area contributed by atoms with Gasteiger partial charge in [0.25, 0.3) is 0 Å². The predicted octanol–water partition coefficient (Wildman–Crippen LogP) is 3.13. The number of phenols is 1. The topological polar surface area (TPSA) is 67.3 Å². The Morgan fingerprint density at radius 3 is 2.71 bits per heavy atom. The van der Waals surface area contributed by atoms with Gasteiger partial charge in [-0.2, -0.15) is 0 Å². The fourth-order valence-corrected chi connectivity index (χ4v) is 1.90. The van der Waals surface area contributed by atoms with E-state index in [-0.39, 0.29) is 17.3 Å². The van der Waals surface area contributed by atoms with Crippen LogP contribution in [-0.2, 0) is 0 Å². The van der Waals surface area contributed by atoms with E-state index in [1.807, 2.05) is 13.8 Å². The second-order valence-corrected chi connectivity index (χ2v) is 4.44. The molecule has 1 aromatic heterocycles. The molecule has 2 N–H and O–H groups in total. The number of aromatic nitrogens is 2. The molecule has 1 aromatic carbocycles. The van der Waals surface area contributed by atoms with Crippen molar-refractivity contribution in [3.8, 4) is 22.9 Å². The highest BCUT2D eigenvalue weighted by Crippen LogP contribution is 2.31. The maximum atomic E-state index is 13.9. The van der Waals surface area contributed by atoms with E-state index < -0.39 is 5.82 Å². The van der Waals surface area contributed by atoms with Crippen molar-refractivity contribution >= 4 is 5.82 Å². The van der Waals surface area contributed by atoms with Gasteiger partial charge in [0.1, 0.15) is 0 Å². The van der Waals surface area contributed by atoms with Gasteiger partial charge in [0.05, 0.1) is 12.3 Å². The molecule has 0 bridgehead atoms. The summed E-state index contributed by atoms with van der Waals surface area (Å²) in [5.41, 5.74) is 0.917. The number of nitrogens with zero attached hydrogens (tertiary/aromatic N) is 2. The molecule has 112 valence electrons. The number of hydrogen-bond donors (Lipinski definition) is 2. The van der Waals surface area contributed by atoms with Crippen molar-refractivity contribution in [2.45, 2.75) is 20.8 Å². The molecule has 0 saturated heterocycles. The summed E-state index contributed by atoms with van der Waals surface area (Å²) in [5.74, 6) is 0.498. The summed E-state index contributed by atoms with van der Waals surface area (Å²) in [7, 11) is 0. The maximum absolute atomic E-state index is 13.9. The van der Waals surface area contributed by atoms with Crippen molar-refractivity contribution in [3.63, 3.8) is 0 Å². The number of hydrogen-bond acceptors (Lipinski definition) is 5. The summed E-state index contributed by atoms with van der Waals surface area (Å²) in [4.78, 5) is 8.34. The molecule has 21 heavy (non-hydrogen) atoms. The second kappa shape index (κ2) is 6.39. The van der Waals surface area contributed by atoms with Crippen LogP contribution in [0.5, 0.6) is 11.5 Å². The molecule has 0 unspecified atom stereocenters. The van der Waals surface area contributed by atoms with E-state index in [4.69, 9.17) is 4.74 Å². The van der Waals surface area contributed by atoms with Crippen molar-refractivity contribution in [2.24, 2.45) is 0 Å². The number of halogens is 1. The molecule has 0 fully saturated rings. The largest absolute Gasteiger partial charge is 0.504 e. The fraction of sp³-hybridized carbons (Fsp3) is 0.333. The minimum Gasteiger partial charge on any atom is -0.504 e. The summed E-state index contributed by atoms with van der Waals surface area (Å²) in [6.07, 6.45) is 0. The number of ether oxygens (including phenoxy) is 1. The quantitative estimate of drug-likeness (QED) is 0.886. The first kappa shape index (κ1) is 15.0. The lowest BCUT2D eigenvalue weighted by molar-refractivity contribution is 0.318. The van der Waals surface area contributed by atoms with E-state index >= 15 is 0 Å². The molecule has 0 amide bonds. The molecule has 0 spiro atoms. The Kier molecular flexibility index (Phi) is 4.57. The number of phenolic OH excluding ortho intramolecular Hbond substituents is 1. The van der Waals surface area contributed by atoms with Crippen LogP contribution in [0.25, 0.3) is 11.4 Å². The van der Waals surface area contributed by atoms with Gasteiger partial charge in [0.15, 0.2) is 29.0 Å². The lowest BCUT2D eigenvalue weighted by Crippen LogP contribution is -2.07. The van der Waals surface area contributed by atoms with Crippen LogP contribution in [0.3, 0.4) is 0 Å². The molecule has 6 heteroatoms. The maximum Gasteiger partial charge on any atom is 0.186 e. The van der Waals surface area contributed by atoms with E-state index in [0.717, 1.165) is 0 Å². The zero-order chi connectivity index (χ0) is 15.4. The zero-order valence-corrected chi connectivity index (χ0v) is 12.3. The minimum absolute atomic E-state index is 0.0475. The van der Waals surface area contributed by atoms with Crippen LogP contribution in [0.15, 0.2) is 18.2 Å². The van der Waals surface area contributed by atoms with E-state index in [2.05, 4.69) is 15.3 Å². The third-order valence-electron chi connectivity index (χ3n) is 2.88. The smallest absolute Gasteiger partial charge is 0.186 e. The van der Waals surface area contributed by atoms with Crippen LogP contribution in [0, 0.1) is 12.7 Å². The number of anilines is 1. The third kappa shape index (κ3) is 3.21. The molecule has 0 aliphatic rings. The molecule has 5 nitrogen and oxygen atoms in total. The lowest BCUT2D eigenvalue weighted by atomic mass is 10.2. The molecule has 2 aromatic rings. The van der Waals surface area contributed by atoms with Crippen LogP contribution in [-0.4, -0.2) is 28.2 Å². The Morgan fingerprint density at radius 1 is 1.29 bits per heavy atom. The predicted molar refractivity (Wildman–Crippen MR) is 79.2 cm³/mol. The van der Waals surface area contributed by atoms with Crippen molar-refractivity contribution in [1.29, 1.82) is 0 Å². The average molecular weight is 291 g/mol. The van der Waals surface area contributed by atoms with Crippen LogP contribution < -0.4 is 10.1 Å². The van der Waals surface area contributed by atoms with E-state index in [1.54, 1.807) is 19.1 Å². The second-order valence-electron chi connectivity index (χ2n) is 4.44. The Labute approximate surface area is 122 Å². The molecule has 1 heterocycles. The molecule has 0 aliphatic carbocycles. The minimum atomic E-state index is -0.454. The summed E-state index contributed by atoms with van der Waals surface area (Å²) >= 11 is 0. The van der Waals surface area contributed by atoms with Gasteiger partial charge in [0.2, 0.25) is 0 Å². The van der Waals surface area contributed by atoms with Crippen molar-refractivity contribution in [2.75, 3.05) is 18.5 Å². The van der Waals surface area contributed by atoms with Gasteiger partial charge in [-0.05, 0) is 39.0 Å². The van der Waals surface area contributed by atoms with Crippen LogP contribution in [0.4, 0.5) is 10.2 Å². The van der Waals surface area contributed by atoms with Gasteiger partial charge in [-0.15, -0.1) is 0 Å². The average Bonchev–Trinajstić information content (AvgIpc) is 2.46. The monoisotopic (exact) mass is 291 g/mol. The first-order chi connectivity index (χ1) is 10.1. The van der Waals surface area contributed by atoms with Gasteiger partial charge in [-0.25, -0.2) is 14.4 Å². The normalized spacial score (nSPS) is 10.5. The molecule has 0 radical (unpaired) electrons. The van der Waals surface area contributed by atoms with Crippen molar-refractivity contribution in [1.82, 2.24) is 9.97 Å². The summed E-state index contributed by atoms with van der Waals surface area (Å²) in [6.45, 7) is 6.28. The van der Waals surface area contributed by atoms with Gasteiger partial charge in [0, 0.05) is 12.1 Å². The number of rotatable bonds is 5. The Bertz CT molecular complexity index is 647. The van der Waals surface area contributed by atoms with Gasteiger partial charge in [-0.3, -0.25) is 0 Å².